The van der Waals surface area contributed by atoms with E-state index in [0.717, 1.165) is 0 Å². The molecule has 2 rings (SSSR count). The number of benzene rings is 1. The molecule has 100 valence electrons. The second-order valence-electron chi connectivity index (χ2n) is 3.99. The van der Waals surface area contributed by atoms with E-state index in [9.17, 15) is 4.39 Å². The topological polar surface area (TPSA) is 34.2 Å². The fraction of sp³-hybridized carbons (Fsp3) is 0.214. The predicted octanol–water partition coefficient (Wildman–Crippen LogP) is 3.17. The lowest BCUT2D eigenvalue weighted by atomic mass is 10.2. The summed E-state index contributed by atoms with van der Waals surface area (Å²) < 4.78 is 18.9. The average molecular weight is 281 g/mol. The first-order valence-corrected chi connectivity index (χ1v) is 6.24. The number of pyridine rings is 1. The zero-order valence-electron chi connectivity index (χ0n) is 10.5. The quantitative estimate of drug-likeness (QED) is 0.913. The minimum absolute atomic E-state index is 0.139. The summed E-state index contributed by atoms with van der Waals surface area (Å²) in [5.74, 6) is 0.143. The molecule has 0 bridgehead atoms. The van der Waals surface area contributed by atoms with Crippen molar-refractivity contribution in [3.63, 3.8) is 0 Å². The average Bonchev–Trinajstić information content (AvgIpc) is 2.41. The Morgan fingerprint density at radius 3 is 2.79 bits per heavy atom. The van der Waals surface area contributed by atoms with Crippen LogP contribution in [0.25, 0.3) is 0 Å². The first-order valence-electron chi connectivity index (χ1n) is 5.87. The van der Waals surface area contributed by atoms with Crippen molar-refractivity contribution in [3.05, 3.63) is 58.5 Å². The van der Waals surface area contributed by atoms with Crippen molar-refractivity contribution in [2.24, 2.45) is 0 Å². The van der Waals surface area contributed by atoms with E-state index in [1.807, 2.05) is 7.05 Å². The summed E-state index contributed by atoms with van der Waals surface area (Å²) in [5, 5.41) is 3.55. The van der Waals surface area contributed by atoms with Crippen LogP contribution in [-0.4, -0.2) is 12.0 Å². The predicted molar refractivity (Wildman–Crippen MR) is 72.7 cm³/mol. The van der Waals surface area contributed by atoms with Crippen LogP contribution in [0, 0.1) is 5.82 Å². The Morgan fingerprint density at radius 1 is 1.26 bits per heavy atom. The molecule has 0 atom stereocenters. The van der Waals surface area contributed by atoms with Gasteiger partial charge < -0.3 is 10.1 Å². The molecule has 0 aliphatic heterocycles. The molecule has 3 nitrogen and oxygen atoms in total. The highest BCUT2D eigenvalue weighted by molar-refractivity contribution is 6.31. The molecule has 2 aromatic rings. The van der Waals surface area contributed by atoms with Gasteiger partial charge in [-0.05, 0) is 19.2 Å². The minimum Gasteiger partial charge on any atom is -0.473 e. The molecule has 0 aliphatic carbocycles. The van der Waals surface area contributed by atoms with E-state index in [2.05, 4.69) is 10.3 Å². The van der Waals surface area contributed by atoms with Crippen LogP contribution in [0.1, 0.15) is 11.3 Å². The molecule has 0 saturated heterocycles. The highest BCUT2D eigenvalue weighted by Gasteiger charge is 2.06. The molecule has 0 saturated carbocycles. The number of halogens is 2. The van der Waals surface area contributed by atoms with Crippen molar-refractivity contribution >= 4 is 11.6 Å². The van der Waals surface area contributed by atoms with Crippen molar-refractivity contribution in [2.75, 3.05) is 7.05 Å². The lowest BCUT2D eigenvalue weighted by Crippen LogP contribution is -2.08. The molecule has 1 heterocycles. The van der Waals surface area contributed by atoms with Crippen LogP contribution in [0.3, 0.4) is 0 Å². The van der Waals surface area contributed by atoms with E-state index in [0.29, 0.717) is 28.7 Å². The van der Waals surface area contributed by atoms with E-state index in [1.54, 1.807) is 30.3 Å². The number of nitrogens with one attached hydrogen (secondary N) is 1. The van der Waals surface area contributed by atoms with Crippen molar-refractivity contribution in [1.82, 2.24) is 10.3 Å². The van der Waals surface area contributed by atoms with E-state index in [4.69, 9.17) is 16.3 Å². The van der Waals surface area contributed by atoms with Crippen molar-refractivity contribution in [2.45, 2.75) is 13.2 Å². The van der Waals surface area contributed by atoms with Crippen LogP contribution in [0.5, 0.6) is 5.88 Å². The zero-order chi connectivity index (χ0) is 13.7. The van der Waals surface area contributed by atoms with Crippen LogP contribution in [0.15, 0.2) is 36.4 Å². The third-order valence-corrected chi connectivity index (χ3v) is 2.91. The minimum atomic E-state index is -0.285. The van der Waals surface area contributed by atoms with Crippen LogP contribution in [0.4, 0.5) is 4.39 Å². The Labute approximate surface area is 116 Å². The number of hydrogen-bond donors (Lipinski definition) is 1. The maximum absolute atomic E-state index is 13.4. The fourth-order valence-corrected chi connectivity index (χ4v) is 1.78. The summed E-state index contributed by atoms with van der Waals surface area (Å²) >= 11 is 6.00. The molecular weight excluding hydrogens is 267 g/mol. The lowest BCUT2D eigenvalue weighted by molar-refractivity contribution is 0.287. The van der Waals surface area contributed by atoms with Gasteiger partial charge >= 0.3 is 0 Å². The van der Waals surface area contributed by atoms with Gasteiger partial charge in [-0.3, -0.25) is 0 Å². The number of aromatic nitrogens is 1. The molecule has 19 heavy (non-hydrogen) atoms. The molecule has 0 unspecified atom stereocenters. The summed E-state index contributed by atoms with van der Waals surface area (Å²) in [4.78, 5) is 4.27. The van der Waals surface area contributed by atoms with E-state index in [1.165, 1.54) is 6.07 Å². The lowest BCUT2D eigenvalue weighted by Gasteiger charge is -2.09. The van der Waals surface area contributed by atoms with Crippen molar-refractivity contribution in [1.29, 1.82) is 0 Å². The Bertz CT molecular complexity index is 563. The largest absolute Gasteiger partial charge is 0.473 e. The summed E-state index contributed by atoms with van der Waals surface area (Å²) in [7, 11) is 1.81. The Kier molecular flexibility index (Phi) is 4.71. The molecule has 0 amide bonds. The molecule has 1 N–H and O–H groups in total. The van der Waals surface area contributed by atoms with E-state index in [-0.39, 0.29) is 12.4 Å². The van der Waals surface area contributed by atoms with Crippen molar-refractivity contribution in [3.8, 4) is 5.88 Å². The summed E-state index contributed by atoms with van der Waals surface area (Å²) in [6.45, 7) is 0.691. The Balaban J connectivity index is 2.07. The number of ether oxygens (including phenoxy) is 1. The smallest absolute Gasteiger partial charge is 0.213 e. The molecule has 0 spiro atoms. The highest BCUT2D eigenvalue weighted by Crippen LogP contribution is 2.19. The van der Waals surface area contributed by atoms with Gasteiger partial charge in [-0.15, -0.1) is 0 Å². The van der Waals surface area contributed by atoms with E-state index < -0.39 is 0 Å². The van der Waals surface area contributed by atoms with Gasteiger partial charge in [-0.1, -0.05) is 29.8 Å². The van der Waals surface area contributed by atoms with Gasteiger partial charge in [0.25, 0.3) is 0 Å². The SMILES string of the molecule is CNCc1nc(OCc2ccccc2F)ccc1Cl. The highest BCUT2D eigenvalue weighted by atomic mass is 35.5. The zero-order valence-corrected chi connectivity index (χ0v) is 11.2. The summed E-state index contributed by atoms with van der Waals surface area (Å²) in [6, 6.07) is 9.88. The van der Waals surface area contributed by atoms with Gasteiger partial charge in [-0.2, -0.15) is 0 Å². The molecule has 1 aromatic carbocycles. The van der Waals surface area contributed by atoms with Crippen molar-refractivity contribution < 1.29 is 9.13 Å². The molecular formula is C14H14ClFN2O. The maximum Gasteiger partial charge on any atom is 0.213 e. The second kappa shape index (κ2) is 6.50. The van der Waals surface area contributed by atoms with Gasteiger partial charge in [0.05, 0.1) is 10.7 Å². The fourth-order valence-electron chi connectivity index (χ4n) is 1.60. The van der Waals surface area contributed by atoms with Gasteiger partial charge in [0, 0.05) is 18.2 Å². The molecule has 0 radical (unpaired) electrons. The maximum atomic E-state index is 13.4. The first-order chi connectivity index (χ1) is 9.20. The van der Waals surface area contributed by atoms with Crippen LogP contribution in [-0.2, 0) is 13.2 Å². The normalized spacial score (nSPS) is 10.5. The number of rotatable bonds is 5. The van der Waals surface area contributed by atoms with Crippen LogP contribution >= 0.6 is 11.6 Å². The van der Waals surface area contributed by atoms with Gasteiger partial charge in [0.15, 0.2) is 0 Å². The van der Waals surface area contributed by atoms with Crippen LogP contribution < -0.4 is 10.1 Å². The molecule has 1 aromatic heterocycles. The second-order valence-corrected chi connectivity index (χ2v) is 4.40. The summed E-state index contributed by atoms with van der Waals surface area (Å²) in [5.41, 5.74) is 1.20. The first kappa shape index (κ1) is 13.8. The van der Waals surface area contributed by atoms with Gasteiger partial charge in [0.2, 0.25) is 5.88 Å². The summed E-state index contributed by atoms with van der Waals surface area (Å²) in [6.07, 6.45) is 0. The Hall–Kier alpha value is -1.65. The standard InChI is InChI=1S/C14H14ClFN2O/c1-17-8-13-11(15)6-7-14(18-13)19-9-10-4-2-3-5-12(10)16/h2-7,17H,8-9H2,1H3. The third kappa shape index (κ3) is 3.66. The van der Waals surface area contributed by atoms with E-state index >= 15 is 0 Å². The monoisotopic (exact) mass is 280 g/mol. The van der Waals surface area contributed by atoms with Gasteiger partial charge in [-0.25, -0.2) is 9.37 Å². The number of hydrogen-bond acceptors (Lipinski definition) is 3. The molecule has 0 fully saturated rings. The third-order valence-electron chi connectivity index (χ3n) is 2.57. The number of nitrogens with zero attached hydrogens (tertiary/aromatic N) is 1. The molecule has 5 heteroatoms. The van der Waals surface area contributed by atoms with Crippen LogP contribution in [0.2, 0.25) is 5.02 Å². The van der Waals surface area contributed by atoms with Gasteiger partial charge in [0.1, 0.15) is 12.4 Å². The molecule has 0 aliphatic rings. The Morgan fingerprint density at radius 2 is 2.05 bits per heavy atom.